The van der Waals surface area contributed by atoms with Crippen molar-refractivity contribution in [1.29, 1.82) is 0 Å². The van der Waals surface area contributed by atoms with Gasteiger partial charge in [-0.15, -0.1) is 0 Å². The van der Waals surface area contributed by atoms with Crippen LogP contribution in [-0.4, -0.2) is 47.8 Å². The van der Waals surface area contributed by atoms with Crippen molar-refractivity contribution in [2.45, 2.75) is 19.3 Å². The smallest absolute Gasteiger partial charge is 0.269 e. The highest BCUT2D eigenvalue weighted by atomic mass is 19.1. The molecule has 3 aromatic rings. The Morgan fingerprint density at radius 2 is 1.85 bits per heavy atom. The normalized spacial score (nSPS) is 17.9. The summed E-state index contributed by atoms with van der Waals surface area (Å²) in [6.45, 7) is -6.98. The predicted octanol–water partition coefficient (Wildman–Crippen LogP) is 3.63. The van der Waals surface area contributed by atoms with Crippen molar-refractivity contribution < 1.29 is 39.1 Å². The van der Waals surface area contributed by atoms with Crippen molar-refractivity contribution in [3.8, 4) is 23.0 Å². The second-order valence-corrected chi connectivity index (χ2v) is 6.68. The number of anilines is 5. The topological polar surface area (TPSA) is 129 Å². The van der Waals surface area contributed by atoms with Crippen LogP contribution in [0, 0.1) is 5.82 Å². The Labute approximate surface area is 205 Å². The van der Waals surface area contributed by atoms with Gasteiger partial charge >= 0.3 is 0 Å². The van der Waals surface area contributed by atoms with Gasteiger partial charge in [-0.3, -0.25) is 4.79 Å². The maximum absolute atomic E-state index is 14.7. The maximum Gasteiger partial charge on any atom is 0.269 e. The lowest BCUT2D eigenvalue weighted by molar-refractivity contribution is -0.129. The molecule has 178 valence electrons. The third kappa shape index (κ3) is 4.42. The van der Waals surface area contributed by atoms with Gasteiger partial charge in [-0.05, 0) is 25.8 Å². The summed E-state index contributed by atoms with van der Waals surface area (Å²) in [6.07, 6.45) is 0.811. The van der Waals surface area contributed by atoms with E-state index in [0.29, 0.717) is 22.9 Å². The number of aromatic nitrogens is 3. The van der Waals surface area contributed by atoms with E-state index in [9.17, 15) is 9.18 Å². The molecule has 0 spiro atoms. The Morgan fingerprint density at radius 3 is 2.50 bits per heavy atom. The minimum absolute atomic E-state index is 0.125. The second-order valence-electron chi connectivity index (χ2n) is 6.68. The van der Waals surface area contributed by atoms with E-state index in [4.69, 9.17) is 29.9 Å². The monoisotopic (exact) mass is 478 g/mol. The summed E-state index contributed by atoms with van der Waals surface area (Å²) in [5, 5.41) is 7.32. The third-order valence-corrected chi connectivity index (χ3v) is 4.44. The number of nitrogens with one attached hydrogen (secondary N) is 3. The zero-order chi connectivity index (χ0) is 31.2. The summed E-state index contributed by atoms with van der Waals surface area (Å²) in [5.41, 5.74) is -2.99. The van der Waals surface area contributed by atoms with Crippen LogP contribution >= 0.6 is 0 Å². The fraction of sp³-hybridized carbons (Fsp3) is 0.273. The summed E-state index contributed by atoms with van der Waals surface area (Å²) in [6, 6.07) is 1.52. The van der Waals surface area contributed by atoms with Crippen LogP contribution in [0.2, 0.25) is 0 Å². The molecule has 0 atom stereocenters. The number of amides is 1. The van der Waals surface area contributed by atoms with Crippen molar-refractivity contribution in [3.05, 3.63) is 36.2 Å². The number of pyridine rings is 1. The first kappa shape index (κ1) is 14.7. The standard InChI is InChI=1S/C22H23FN6O5/c1-22(2)20(30)28-19-13(34-22)6-7-16(27-19)26-18-12(23)10-24-21(29-18)25-11-8-14(31-3)17(33-5)15(9-11)32-4/h6-10H,1-5H3,(H3,24,25,26,27,28,29,30)/i1D3,2D3,6D,7D. The molecule has 12 heteroatoms. The lowest BCUT2D eigenvalue weighted by atomic mass is 10.1. The number of carbonyl (C=O) groups excluding carboxylic acids is 1. The molecule has 34 heavy (non-hydrogen) atoms. The first-order valence-corrected chi connectivity index (χ1v) is 9.46. The number of hydrogen-bond acceptors (Lipinski definition) is 10. The summed E-state index contributed by atoms with van der Waals surface area (Å²) in [4.78, 5) is 24.6. The molecular weight excluding hydrogens is 447 g/mol. The van der Waals surface area contributed by atoms with Crippen LogP contribution in [0.3, 0.4) is 0 Å². The number of ether oxygens (including phenoxy) is 4. The summed E-state index contributed by atoms with van der Waals surface area (Å²) < 4.78 is 98.4. The summed E-state index contributed by atoms with van der Waals surface area (Å²) in [7, 11) is 4.27. The van der Waals surface area contributed by atoms with Gasteiger partial charge in [0.25, 0.3) is 5.91 Å². The van der Waals surface area contributed by atoms with E-state index in [-0.39, 0.29) is 5.95 Å². The average molecular weight is 479 g/mol. The molecule has 0 unspecified atom stereocenters. The van der Waals surface area contributed by atoms with Gasteiger partial charge in [0.15, 0.2) is 40.3 Å². The van der Waals surface area contributed by atoms with Crippen LogP contribution in [0.1, 0.15) is 24.7 Å². The highest BCUT2D eigenvalue weighted by Crippen LogP contribution is 2.40. The minimum atomic E-state index is -3.49. The molecule has 0 bridgehead atoms. The van der Waals surface area contributed by atoms with E-state index in [0.717, 1.165) is 6.20 Å². The highest BCUT2D eigenvalue weighted by molar-refractivity contribution is 5.99. The third-order valence-electron chi connectivity index (χ3n) is 4.44. The van der Waals surface area contributed by atoms with Gasteiger partial charge < -0.3 is 34.9 Å². The largest absolute Gasteiger partial charge is 0.493 e. The Kier molecular flexibility index (Phi) is 3.85. The molecule has 0 radical (unpaired) electrons. The van der Waals surface area contributed by atoms with Crippen LogP contribution in [0.25, 0.3) is 0 Å². The van der Waals surface area contributed by atoms with Gasteiger partial charge in [0.05, 0.1) is 30.3 Å². The van der Waals surface area contributed by atoms with Crippen LogP contribution in [0.15, 0.2) is 30.4 Å². The maximum atomic E-state index is 14.7. The van der Waals surface area contributed by atoms with Crippen molar-refractivity contribution >= 4 is 35.0 Å². The molecule has 0 aliphatic carbocycles. The van der Waals surface area contributed by atoms with Crippen molar-refractivity contribution in [2.24, 2.45) is 0 Å². The minimum Gasteiger partial charge on any atom is -0.493 e. The van der Waals surface area contributed by atoms with Crippen LogP contribution in [0.5, 0.6) is 23.0 Å². The number of methoxy groups -OCH3 is 3. The molecule has 1 aromatic carbocycles. The van der Waals surface area contributed by atoms with Gasteiger partial charge in [-0.1, -0.05) is 0 Å². The Bertz CT molecular complexity index is 1520. The van der Waals surface area contributed by atoms with E-state index < -0.39 is 66.3 Å². The van der Waals surface area contributed by atoms with E-state index in [1.165, 1.54) is 21.3 Å². The molecule has 1 amide bonds. The van der Waals surface area contributed by atoms with Crippen molar-refractivity contribution in [3.63, 3.8) is 0 Å². The first-order chi connectivity index (χ1) is 19.6. The van der Waals surface area contributed by atoms with Crippen LogP contribution in [0.4, 0.5) is 33.5 Å². The molecule has 4 rings (SSSR count). The van der Waals surface area contributed by atoms with Gasteiger partial charge in [-0.25, -0.2) is 14.4 Å². The lowest BCUT2D eigenvalue weighted by Gasteiger charge is -2.30. The van der Waals surface area contributed by atoms with E-state index in [1.54, 1.807) is 12.1 Å². The molecular formula is C22H23FN6O5. The molecule has 1 aliphatic rings. The second kappa shape index (κ2) is 8.89. The lowest BCUT2D eigenvalue weighted by Crippen LogP contribution is -2.46. The number of carbonyl (C=O) groups is 1. The average Bonchev–Trinajstić information content (AvgIpc) is 2.91. The number of halogens is 1. The molecule has 0 saturated heterocycles. The number of rotatable bonds is 7. The van der Waals surface area contributed by atoms with Gasteiger partial charge in [-0.2, -0.15) is 4.98 Å². The molecule has 0 saturated carbocycles. The van der Waals surface area contributed by atoms with Gasteiger partial charge in [0.2, 0.25) is 11.7 Å². The number of hydrogen-bond donors (Lipinski definition) is 3. The fourth-order valence-electron chi connectivity index (χ4n) is 2.89. The molecule has 3 N–H and O–H groups in total. The molecule has 2 aromatic heterocycles. The molecule has 1 aliphatic heterocycles. The Hall–Kier alpha value is -4.35. The molecule has 11 nitrogen and oxygen atoms in total. The van der Waals surface area contributed by atoms with Crippen molar-refractivity contribution in [1.82, 2.24) is 15.0 Å². The zero-order valence-corrected chi connectivity index (χ0v) is 18.0. The predicted molar refractivity (Wildman–Crippen MR) is 122 cm³/mol. The summed E-state index contributed by atoms with van der Waals surface area (Å²) in [5.74, 6) is -4.03. The van der Waals surface area contributed by atoms with Crippen molar-refractivity contribution in [2.75, 3.05) is 37.3 Å². The van der Waals surface area contributed by atoms with Gasteiger partial charge in [0, 0.05) is 26.0 Å². The van der Waals surface area contributed by atoms with Gasteiger partial charge in [0.1, 0.15) is 5.82 Å². The van der Waals surface area contributed by atoms with Crippen LogP contribution < -0.4 is 34.9 Å². The van der Waals surface area contributed by atoms with Crippen LogP contribution in [-0.2, 0) is 4.79 Å². The Morgan fingerprint density at radius 1 is 1.12 bits per heavy atom. The number of benzene rings is 1. The van der Waals surface area contributed by atoms with E-state index in [1.807, 2.05) is 5.32 Å². The zero-order valence-electron chi connectivity index (χ0n) is 26.0. The summed E-state index contributed by atoms with van der Waals surface area (Å²) >= 11 is 0. The first-order valence-electron chi connectivity index (χ1n) is 13.5. The highest BCUT2D eigenvalue weighted by Gasteiger charge is 2.36. The Balaban J connectivity index is 1.70. The number of fused-ring (bicyclic) bond motifs is 1. The quantitative estimate of drug-likeness (QED) is 0.463. The van der Waals surface area contributed by atoms with E-state index >= 15 is 0 Å². The number of nitrogens with zero attached hydrogens (tertiary/aromatic N) is 3. The molecule has 0 fully saturated rings. The SMILES string of the molecule is [2H]c1c(Nc2nc(Nc3cc(OC)c(OC)c(OC)c3)ncc2F)nc2c(c1[2H])OC(C([2H])([2H])[2H])(C([2H])([2H])[2H])C(=O)N2. The molecule has 3 heterocycles. The fourth-order valence-corrected chi connectivity index (χ4v) is 2.89. The van der Waals surface area contributed by atoms with E-state index in [2.05, 4.69) is 25.6 Å².